The van der Waals surface area contributed by atoms with Gasteiger partial charge in [-0.05, 0) is 29.7 Å². The number of hydrogen-bond donors (Lipinski definition) is 1. The number of ether oxygens (including phenoxy) is 1. The summed E-state index contributed by atoms with van der Waals surface area (Å²) >= 11 is 0. The molecule has 0 radical (unpaired) electrons. The van der Waals surface area contributed by atoms with E-state index in [1.165, 1.54) is 5.56 Å². The molecule has 3 nitrogen and oxygen atoms in total. The van der Waals surface area contributed by atoms with Crippen molar-refractivity contribution in [3.63, 3.8) is 0 Å². The number of aliphatic hydroxyl groups is 1. The predicted molar refractivity (Wildman–Crippen MR) is 77.2 cm³/mol. The first kappa shape index (κ1) is 14.1. The van der Waals surface area contributed by atoms with Crippen LogP contribution in [0.15, 0.2) is 48.5 Å². The van der Waals surface area contributed by atoms with Crippen molar-refractivity contribution in [1.29, 1.82) is 5.26 Å². The SMILES string of the molecule is CCc1ccc(OCc2ccccc2C(O)C#N)cc1. The molecule has 0 aliphatic heterocycles. The van der Waals surface area contributed by atoms with Crippen molar-refractivity contribution in [1.82, 2.24) is 0 Å². The lowest BCUT2D eigenvalue weighted by molar-refractivity contribution is 0.229. The molecular weight excluding hydrogens is 250 g/mol. The van der Waals surface area contributed by atoms with Crippen molar-refractivity contribution in [2.24, 2.45) is 0 Å². The molecule has 102 valence electrons. The van der Waals surface area contributed by atoms with E-state index in [0.717, 1.165) is 17.7 Å². The van der Waals surface area contributed by atoms with Crippen molar-refractivity contribution in [2.45, 2.75) is 26.1 Å². The Kier molecular flexibility index (Phi) is 4.75. The molecule has 0 heterocycles. The van der Waals surface area contributed by atoms with E-state index in [0.29, 0.717) is 12.2 Å². The first-order valence-electron chi connectivity index (χ1n) is 6.61. The summed E-state index contributed by atoms with van der Waals surface area (Å²) in [5.41, 5.74) is 2.68. The fraction of sp³-hybridized carbons (Fsp3) is 0.235. The fourth-order valence-corrected chi connectivity index (χ4v) is 1.98. The molecule has 0 aliphatic rings. The van der Waals surface area contributed by atoms with Gasteiger partial charge in [-0.15, -0.1) is 0 Å². The van der Waals surface area contributed by atoms with E-state index in [4.69, 9.17) is 10.00 Å². The molecule has 0 aromatic heterocycles. The van der Waals surface area contributed by atoms with Crippen LogP contribution < -0.4 is 4.74 Å². The topological polar surface area (TPSA) is 53.2 Å². The van der Waals surface area contributed by atoms with Crippen molar-refractivity contribution < 1.29 is 9.84 Å². The molecule has 1 unspecified atom stereocenters. The monoisotopic (exact) mass is 267 g/mol. The zero-order valence-electron chi connectivity index (χ0n) is 11.4. The Morgan fingerprint density at radius 1 is 1.15 bits per heavy atom. The molecule has 0 amide bonds. The summed E-state index contributed by atoms with van der Waals surface area (Å²) in [5.74, 6) is 0.781. The Hall–Kier alpha value is -2.31. The molecule has 2 rings (SSSR count). The Labute approximate surface area is 119 Å². The minimum atomic E-state index is -1.11. The van der Waals surface area contributed by atoms with Crippen LogP contribution in [-0.2, 0) is 13.0 Å². The number of nitrogens with zero attached hydrogens (tertiary/aromatic N) is 1. The first-order chi connectivity index (χ1) is 9.74. The van der Waals surface area contributed by atoms with Crippen LogP contribution in [0, 0.1) is 11.3 Å². The van der Waals surface area contributed by atoms with Crippen LogP contribution in [0.2, 0.25) is 0 Å². The van der Waals surface area contributed by atoms with Crippen LogP contribution in [-0.4, -0.2) is 5.11 Å². The van der Waals surface area contributed by atoms with Gasteiger partial charge in [0, 0.05) is 5.56 Å². The summed E-state index contributed by atoms with van der Waals surface area (Å²) < 4.78 is 5.71. The second-order valence-electron chi connectivity index (χ2n) is 4.52. The van der Waals surface area contributed by atoms with Gasteiger partial charge in [-0.1, -0.05) is 43.3 Å². The minimum Gasteiger partial charge on any atom is -0.489 e. The lowest BCUT2D eigenvalue weighted by Gasteiger charge is -2.12. The fourth-order valence-electron chi connectivity index (χ4n) is 1.98. The lowest BCUT2D eigenvalue weighted by atomic mass is 10.0. The molecular formula is C17H17NO2. The quantitative estimate of drug-likeness (QED) is 0.845. The van der Waals surface area contributed by atoms with Gasteiger partial charge in [0.25, 0.3) is 0 Å². The summed E-state index contributed by atoms with van der Waals surface area (Å²) in [5, 5.41) is 18.5. The molecule has 2 aromatic rings. The van der Waals surface area contributed by atoms with E-state index in [9.17, 15) is 5.11 Å². The summed E-state index contributed by atoms with van der Waals surface area (Å²) in [6, 6.07) is 17.0. The van der Waals surface area contributed by atoms with E-state index in [-0.39, 0.29) is 0 Å². The largest absolute Gasteiger partial charge is 0.489 e. The number of benzene rings is 2. The van der Waals surface area contributed by atoms with Crippen LogP contribution >= 0.6 is 0 Å². The molecule has 0 saturated heterocycles. The molecule has 0 fully saturated rings. The highest BCUT2D eigenvalue weighted by atomic mass is 16.5. The molecule has 0 spiro atoms. The summed E-state index contributed by atoms with van der Waals surface area (Å²) in [6.07, 6.45) is -0.116. The average molecular weight is 267 g/mol. The zero-order valence-corrected chi connectivity index (χ0v) is 11.4. The number of nitriles is 1. The molecule has 0 aliphatic carbocycles. The van der Waals surface area contributed by atoms with E-state index in [2.05, 4.69) is 6.92 Å². The van der Waals surface area contributed by atoms with Gasteiger partial charge in [0.2, 0.25) is 0 Å². The van der Waals surface area contributed by atoms with Gasteiger partial charge in [-0.2, -0.15) is 5.26 Å². The van der Waals surface area contributed by atoms with Gasteiger partial charge in [-0.3, -0.25) is 0 Å². The van der Waals surface area contributed by atoms with E-state index >= 15 is 0 Å². The first-order valence-corrected chi connectivity index (χ1v) is 6.61. The third kappa shape index (κ3) is 3.37. The normalized spacial score (nSPS) is 11.7. The molecule has 20 heavy (non-hydrogen) atoms. The van der Waals surface area contributed by atoms with Crippen LogP contribution in [0.5, 0.6) is 5.75 Å². The smallest absolute Gasteiger partial charge is 0.166 e. The van der Waals surface area contributed by atoms with Gasteiger partial charge in [0.05, 0.1) is 6.07 Å². The predicted octanol–water partition coefficient (Wildman–Crippen LogP) is 3.38. The second kappa shape index (κ2) is 6.74. The highest BCUT2D eigenvalue weighted by molar-refractivity contribution is 5.32. The van der Waals surface area contributed by atoms with E-state index in [1.54, 1.807) is 12.1 Å². The summed E-state index contributed by atoms with van der Waals surface area (Å²) in [4.78, 5) is 0. The van der Waals surface area contributed by atoms with Gasteiger partial charge >= 0.3 is 0 Å². The van der Waals surface area contributed by atoms with E-state index < -0.39 is 6.10 Å². The summed E-state index contributed by atoms with van der Waals surface area (Å²) in [7, 11) is 0. The van der Waals surface area contributed by atoms with Crippen LogP contribution in [0.4, 0.5) is 0 Å². The maximum absolute atomic E-state index is 9.66. The minimum absolute atomic E-state index is 0.334. The second-order valence-corrected chi connectivity index (χ2v) is 4.52. The van der Waals surface area contributed by atoms with Crippen molar-refractivity contribution in [3.8, 4) is 11.8 Å². The molecule has 1 atom stereocenters. The highest BCUT2D eigenvalue weighted by Gasteiger charge is 2.11. The molecule has 0 bridgehead atoms. The Bertz CT molecular complexity index is 599. The molecule has 1 N–H and O–H groups in total. The molecule has 0 saturated carbocycles. The van der Waals surface area contributed by atoms with Gasteiger partial charge in [-0.25, -0.2) is 0 Å². The van der Waals surface area contributed by atoms with Crippen LogP contribution in [0.3, 0.4) is 0 Å². The average Bonchev–Trinajstić information content (AvgIpc) is 2.53. The lowest BCUT2D eigenvalue weighted by Crippen LogP contribution is -2.03. The standard InChI is InChI=1S/C17H17NO2/c1-2-13-7-9-15(10-8-13)20-12-14-5-3-4-6-16(14)17(19)11-18/h3-10,17,19H,2,12H2,1H3. The number of aryl methyl sites for hydroxylation is 1. The maximum Gasteiger partial charge on any atom is 0.166 e. The number of aliphatic hydroxyl groups excluding tert-OH is 1. The Morgan fingerprint density at radius 3 is 2.50 bits per heavy atom. The number of rotatable bonds is 5. The van der Waals surface area contributed by atoms with Gasteiger partial charge in [0.15, 0.2) is 6.10 Å². The van der Waals surface area contributed by atoms with Crippen molar-refractivity contribution in [2.75, 3.05) is 0 Å². The maximum atomic E-state index is 9.66. The summed E-state index contributed by atoms with van der Waals surface area (Å²) in [6.45, 7) is 2.44. The molecule has 2 aromatic carbocycles. The third-order valence-electron chi connectivity index (χ3n) is 3.20. The molecule has 3 heteroatoms. The van der Waals surface area contributed by atoms with Gasteiger partial charge in [0.1, 0.15) is 12.4 Å². The zero-order chi connectivity index (χ0) is 14.4. The van der Waals surface area contributed by atoms with Crippen LogP contribution in [0.1, 0.15) is 29.7 Å². The Morgan fingerprint density at radius 2 is 1.85 bits per heavy atom. The van der Waals surface area contributed by atoms with Crippen molar-refractivity contribution >= 4 is 0 Å². The Balaban J connectivity index is 2.09. The van der Waals surface area contributed by atoms with Gasteiger partial charge < -0.3 is 9.84 Å². The van der Waals surface area contributed by atoms with Crippen LogP contribution in [0.25, 0.3) is 0 Å². The highest BCUT2D eigenvalue weighted by Crippen LogP contribution is 2.20. The third-order valence-corrected chi connectivity index (χ3v) is 3.20. The van der Waals surface area contributed by atoms with E-state index in [1.807, 2.05) is 42.5 Å². The number of hydrogen-bond acceptors (Lipinski definition) is 3. The van der Waals surface area contributed by atoms with Crippen molar-refractivity contribution in [3.05, 3.63) is 65.2 Å².